The fraction of sp³-hybridized carbons (Fsp3) is 0.533. The molecule has 1 aliphatic carbocycles. The molecule has 0 spiro atoms. The first-order chi connectivity index (χ1) is 18.7. The highest BCUT2D eigenvalue weighted by Crippen LogP contribution is 2.30. The average Bonchev–Trinajstić information content (AvgIpc) is 3.40. The molecular weight excluding hydrogens is 514 g/mol. The molecule has 0 heterocycles. The van der Waals surface area contributed by atoms with Crippen molar-refractivity contribution in [3.05, 3.63) is 59.7 Å². The van der Waals surface area contributed by atoms with Gasteiger partial charge in [0.1, 0.15) is 11.8 Å². The van der Waals surface area contributed by atoms with E-state index in [0.29, 0.717) is 37.4 Å². The summed E-state index contributed by atoms with van der Waals surface area (Å²) in [7, 11) is -3.61. The minimum absolute atomic E-state index is 0.113. The summed E-state index contributed by atoms with van der Waals surface area (Å²) in [5.41, 5.74) is 2.49. The number of sulfonamides is 1. The third-order valence-corrected chi connectivity index (χ3v) is 8.46. The molecular formula is C30H43N3O5S. The van der Waals surface area contributed by atoms with Gasteiger partial charge in [0.15, 0.2) is 0 Å². The highest BCUT2D eigenvalue weighted by atomic mass is 32.2. The number of para-hydroxylation sites is 2. The van der Waals surface area contributed by atoms with Gasteiger partial charge < -0.3 is 15.0 Å². The number of rotatable bonds is 14. The van der Waals surface area contributed by atoms with Crippen LogP contribution in [0.15, 0.2) is 48.5 Å². The molecule has 0 aliphatic heterocycles. The smallest absolute Gasteiger partial charge is 0.243 e. The number of anilines is 1. The second-order valence-corrected chi connectivity index (χ2v) is 12.1. The highest BCUT2D eigenvalue weighted by molar-refractivity contribution is 7.92. The number of nitrogens with one attached hydrogen (secondary N) is 1. The van der Waals surface area contributed by atoms with Gasteiger partial charge in [-0.1, -0.05) is 56.2 Å². The minimum atomic E-state index is -3.61. The molecule has 214 valence electrons. The zero-order valence-corrected chi connectivity index (χ0v) is 24.5. The van der Waals surface area contributed by atoms with Crippen molar-refractivity contribution in [2.24, 2.45) is 0 Å². The minimum Gasteiger partial charge on any atom is -0.492 e. The van der Waals surface area contributed by atoms with Crippen LogP contribution < -0.4 is 14.4 Å². The van der Waals surface area contributed by atoms with Gasteiger partial charge in [-0.05, 0) is 62.8 Å². The fourth-order valence-corrected chi connectivity index (χ4v) is 6.15. The number of hydrogen-bond acceptors (Lipinski definition) is 5. The van der Waals surface area contributed by atoms with Crippen molar-refractivity contribution in [3.8, 4) is 5.75 Å². The molecule has 0 unspecified atom stereocenters. The third-order valence-electron chi connectivity index (χ3n) is 7.28. The van der Waals surface area contributed by atoms with Gasteiger partial charge >= 0.3 is 0 Å². The van der Waals surface area contributed by atoms with Crippen molar-refractivity contribution in [1.29, 1.82) is 0 Å². The predicted octanol–water partition coefficient (Wildman–Crippen LogP) is 4.81. The molecule has 2 amide bonds. The Kier molecular flexibility index (Phi) is 11.2. The van der Waals surface area contributed by atoms with E-state index in [9.17, 15) is 18.0 Å². The molecule has 3 rings (SSSR count). The summed E-state index contributed by atoms with van der Waals surface area (Å²) in [6, 6.07) is 14.4. The molecule has 0 radical (unpaired) electrons. The maximum atomic E-state index is 13.7. The van der Waals surface area contributed by atoms with Gasteiger partial charge in [0, 0.05) is 25.6 Å². The first-order valence-corrected chi connectivity index (χ1v) is 15.8. The number of amides is 2. The number of nitrogens with zero attached hydrogens (tertiary/aromatic N) is 2. The van der Waals surface area contributed by atoms with Crippen LogP contribution in [0.4, 0.5) is 5.69 Å². The summed E-state index contributed by atoms with van der Waals surface area (Å²) in [6.45, 7) is 6.62. The molecule has 0 aromatic heterocycles. The topological polar surface area (TPSA) is 96.0 Å². The van der Waals surface area contributed by atoms with Gasteiger partial charge in [-0.25, -0.2) is 8.42 Å². The van der Waals surface area contributed by atoms with Crippen molar-refractivity contribution in [1.82, 2.24) is 10.2 Å². The Labute approximate surface area is 233 Å². The van der Waals surface area contributed by atoms with Crippen LogP contribution in [0, 0.1) is 6.92 Å². The van der Waals surface area contributed by atoms with E-state index in [0.717, 1.165) is 43.1 Å². The van der Waals surface area contributed by atoms with E-state index in [1.165, 1.54) is 4.31 Å². The monoisotopic (exact) mass is 557 g/mol. The molecule has 2 aromatic carbocycles. The van der Waals surface area contributed by atoms with Crippen LogP contribution in [-0.4, -0.2) is 56.6 Å². The Morgan fingerprint density at radius 2 is 1.72 bits per heavy atom. The lowest BCUT2D eigenvalue weighted by molar-refractivity contribution is -0.141. The zero-order chi connectivity index (χ0) is 28.4. The maximum absolute atomic E-state index is 13.7. The second-order valence-electron chi connectivity index (χ2n) is 10.2. The Morgan fingerprint density at radius 1 is 1.05 bits per heavy atom. The first kappa shape index (κ1) is 30.5. The quantitative estimate of drug-likeness (QED) is 0.360. The van der Waals surface area contributed by atoms with Crippen molar-refractivity contribution in [2.75, 3.05) is 23.7 Å². The lowest BCUT2D eigenvalue weighted by Gasteiger charge is -2.32. The van der Waals surface area contributed by atoms with Crippen LogP contribution >= 0.6 is 0 Å². The number of benzene rings is 2. The normalized spacial score (nSPS) is 14.6. The van der Waals surface area contributed by atoms with E-state index in [2.05, 4.69) is 5.32 Å². The molecule has 1 fully saturated rings. The van der Waals surface area contributed by atoms with Crippen molar-refractivity contribution in [3.63, 3.8) is 0 Å². The number of aryl methyl sites for hydroxylation is 1. The first-order valence-electron chi connectivity index (χ1n) is 14.0. The Balaban J connectivity index is 1.78. The molecule has 9 heteroatoms. The van der Waals surface area contributed by atoms with E-state index >= 15 is 0 Å². The number of ether oxygens (including phenoxy) is 1. The van der Waals surface area contributed by atoms with Crippen molar-refractivity contribution < 1.29 is 22.7 Å². The Morgan fingerprint density at radius 3 is 2.36 bits per heavy atom. The van der Waals surface area contributed by atoms with Gasteiger partial charge in [-0.3, -0.25) is 13.9 Å². The van der Waals surface area contributed by atoms with Crippen molar-refractivity contribution in [2.45, 2.75) is 84.3 Å². The Hall–Kier alpha value is -3.07. The number of carbonyl (C=O) groups is 2. The van der Waals surface area contributed by atoms with Crippen LogP contribution in [0.3, 0.4) is 0 Å². The molecule has 1 aliphatic rings. The second kappa shape index (κ2) is 14.4. The number of carbonyl (C=O) groups excluding carboxylic acids is 2. The van der Waals surface area contributed by atoms with E-state index in [-0.39, 0.29) is 30.8 Å². The molecule has 1 atom stereocenters. The van der Waals surface area contributed by atoms with E-state index in [4.69, 9.17) is 4.74 Å². The van der Waals surface area contributed by atoms with Crippen LogP contribution in [-0.2, 0) is 26.2 Å². The lowest BCUT2D eigenvalue weighted by atomic mass is 10.0. The molecule has 1 saturated carbocycles. The molecule has 0 saturated heterocycles. The van der Waals surface area contributed by atoms with Gasteiger partial charge in [-0.15, -0.1) is 0 Å². The van der Waals surface area contributed by atoms with E-state index in [1.807, 2.05) is 45.0 Å². The standard InChI is InChI=1S/C30H43N3O5S/c1-5-26(30(35)31-25-16-9-10-17-25)32(22-24-15-8-7-14-23(24)3)29(34)20-13-21-33(39(4,36)37)27-18-11-12-19-28(27)38-6-2/h7-8,11-12,14-15,18-19,25-26H,5-6,9-10,13,16-17,20-22H2,1-4H3,(H,31,35)/t26-/m1/s1. The average molecular weight is 558 g/mol. The summed E-state index contributed by atoms with van der Waals surface area (Å²) in [5.74, 6) is 0.195. The fourth-order valence-electron chi connectivity index (χ4n) is 5.18. The largest absolute Gasteiger partial charge is 0.492 e. The summed E-state index contributed by atoms with van der Waals surface area (Å²) < 4.78 is 32.4. The highest BCUT2D eigenvalue weighted by Gasteiger charge is 2.31. The predicted molar refractivity (Wildman–Crippen MR) is 155 cm³/mol. The van der Waals surface area contributed by atoms with Crippen LogP contribution in [0.5, 0.6) is 5.75 Å². The maximum Gasteiger partial charge on any atom is 0.243 e. The summed E-state index contributed by atoms with van der Waals surface area (Å²) in [4.78, 5) is 28.7. The lowest BCUT2D eigenvalue weighted by Crippen LogP contribution is -2.51. The zero-order valence-electron chi connectivity index (χ0n) is 23.7. The van der Waals surface area contributed by atoms with Gasteiger partial charge in [0.25, 0.3) is 0 Å². The third kappa shape index (κ3) is 8.46. The van der Waals surface area contributed by atoms with Crippen LogP contribution in [0.2, 0.25) is 0 Å². The Bertz CT molecular complexity index is 1210. The molecule has 2 aromatic rings. The molecule has 1 N–H and O–H groups in total. The summed E-state index contributed by atoms with van der Waals surface area (Å²) >= 11 is 0. The SMILES string of the molecule is CCOc1ccccc1N(CCCC(=O)N(Cc1ccccc1C)[C@H](CC)C(=O)NC1CCCC1)S(C)(=O)=O. The molecule has 8 nitrogen and oxygen atoms in total. The van der Waals surface area contributed by atoms with Crippen LogP contribution in [0.1, 0.15) is 69.9 Å². The van der Waals surface area contributed by atoms with Gasteiger partial charge in [0.05, 0.1) is 18.6 Å². The summed E-state index contributed by atoms with van der Waals surface area (Å²) in [5, 5.41) is 3.17. The van der Waals surface area contributed by atoms with Gasteiger partial charge in [-0.2, -0.15) is 0 Å². The van der Waals surface area contributed by atoms with Crippen LogP contribution in [0.25, 0.3) is 0 Å². The number of hydrogen-bond donors (Lipinski definition) is 1. The van der Waals surface area contributed by atoms with Crippen molar-refractivity contribution >= 4 is 27.5 Å². The van der Waals surface area contributed by atoms with E-state index in [1.54, 1.807) is 29.2 Å². The summed E-state index contributed by atoms with van der Waals surface area (Å²) in [6.07, 6.45) is 6.22. The van der Waals surface area contributed by atoms with E-state index < -0.39 is 16.1 Å². The van der Waals surface area contributed by atoms with Gasteiger partial charge in [0.2, 0.25) is 21.8 Å². The molecule has 39 heavy (non-hydrogen) atoms. The molecule has 0 bridgehead atoms.